The molecule has 0 aliphatic heterocycles. The number of carbonyl (C=O) groups is 1. The summed E-state index contributed by atoms with van der Waals surface area (Å²) in [4.78, 5) is 16.9. The number of tetrazole rings is 1. The van der Waals surface area contributed by atoms with Crippen molar-refractivity contribution in [3.8, 4) is 11.3 Å². The number of rotatable bonds is 5. The van der Waals surface area contributed by atoms with Gasteiger partial charge in [0.2, 0.25) is 0 Å². The van der Waals surface area contributed by atoms with Crippen molar-refractivity contribution in [1.29, 1.82) is 0 Å². The summed E-state index contributed by atoms with van der Waals surface area (Å²) in [5.41, 5.74) is 3.39. The molecular formula is C18H13BrN6OS. The summed E-state index contributed by atoms with van der Waals surface area (Å²) in [6, 6.07) is 15.2. The fourth-order valence-corrected chi connectivity index (χ4v) is 3.60. The standard InChI is InChI=1S/C18H13BrN6OS/c19-15-3-1-2-14(8-15)16-10-27-18(21-16)22-17(26)13-6-4-12(5-7-13)9-25-11-20-23-24-25/h1-8,10-11H,9H2,(H,21,22,26). The van der Waals surface area contributed by atoms with E-state index >= 15 is 0 Å². The molecule has 7 nitrogen and oxygen atoms in total. The summed E-state index contributed by atoms with van der Waals surface area (Å²) in [5, 5.41) is 16.4. The van der Waals surface area contributed by atoms with E-state index in [9.17, 15) is 4.79 Å². The first-order valence-electron chi connectivity index (χ1n) is 8.00. The summed E-state index contributed by atoms with van der Waals surface area (Å²) < 4.78 is 2.61. The molecule has 0 saturated carbocycles. The van der Waals surface area contributed by atoms with E-state index in [2.05, 4.69) is 41.8 Å². The molecule has 2 aromatic heterocycles. The molecule has 0 atom stereocenters. The molecule has 1 amide bonds. The zero-order valence-corrected chi connectivity index (χ0v) is 16.3. The van der Waals surface area contributed by atoms with Gasteiger partial charge in [-0.15, -0.1) is 16.4 Å². The van der Waals surface area contributed by atoms with Gasteiger partial charge < -0.3 is 0 Å². The van der Waals surface area contributed by atoms with Crippen LogP contribution in [0.4, 0.5) is 5.13 Å². The maximum absolute atomic E-state index is 12.5. The molecule has 0 unspecified atom stereocenters. The highest BCUT2D eigenvalue weighted by atomic mass is 79.9. The molecule has 4 rings (SSSR count). The Morgan fingerprint density at radius 1 is 1.19 bits per heavy atom. The van der Waals surface area contributed by atoms with Gasteiger partial charge in [0.05, 0.1) is 12.2 Å². The topological polar surface area (TPSA) is 85.6 Å². The first-order chi connectivity index (χ1) is 13.2. The number of hydrogen-bond donors (Lipinski definition) is 1. The number of halogens is 1. The average Bonchev–Trinajstić information content (AvgIpc) is 3.34. The zero-order chi connectivity index (χ0) is 18.6. The van der Waals surface area contributed by atoms with Crippen molar-refractivity contribution in [1.82, 2.24) is 25.2 Å². The van der Waals surface area contributed by atoms with Crippen LogP contribution in [0.2, 0.25) is 0 Å². The van der Waals surface area contributed by atoms with Gasteiger partial charge in [0.25, 0.3) is 5.91 Å². The van der Waals surface area contributed by atoms with Crippen LogP contribution in [0.15, 0.2) is 64.7 Å². The van der Waals surface area contributed by atoms with Crippen LogP contribution in [0, 0.1) is 0 Å². The predicted octanol–water partition coefficient (Wildman–Crippen LogP) is 3.86. The van der Waals surface area contributed by atoms with E-state index in [1.807, 2.05) is 41.8 Å². The van der Waals surface area contributed by atoms with E-state index in [4.69, 9.17) is 0 Å². The van der Waals surface area contributed by atoms with E-state index in [-0.39, 0.29) is 5.91 Å². The number of hydrogen-bond acceptors (Lipinski definition) is 6. The molecule has 9 heteroatoms. The highest BCUT2D eigenvalue weighted by Crippen LogP contribution is 2.27. The number of aromatic nitrogens is 5. The second-order valence-electron chi connectivity index (χ2n) is 5.71. The van der Waals surface area contributed by atoms with Gasteiger partial charge in [0.1, 0.15) is 6.33 Å². The SMILES string of the molecule is O=C(Nc1nc(-c2cccc(Br)c2)cs1)c1ccc(Cn2cnnn2)cc1. The van der Waals surface area contributed by atoms with Crippen molar-refractivity contribution in [2.24, 2.45) is 0 Å². The molecule has 0 saturated heterocycles. The molecule has 2 heterocycles. The van der Waals surface area contributed by atoms with Crippen LogP contribution >= 0.6 is 27.3 Å². The van der Waals surface area contributed by atoms with E-state index < -0.39 is 0 Å². The van der Waals surface area contributed by atoms with Gasteiger partial charge in [-0.05, 0) is 40.3 Å². The number of amides is 1. The third-order valence-corrected chi connectivity index (χ3v) is 5.05. The van der Waals surface area contributed by atoms with Crippen molar-refractivity contribution < 1.29 is 4.79 Å². The molecule has 134 valence electrons. The Bertz CT molecular complexity index is 1060. The van der Waals surface area contributed by atoms with Crippen LogP contribution in [0.1, 0.15) is 15.9 Å². The highest BCUT2D eigenvalue weighted by molar-refractivity contribution is 9.10. The van der Waals surface area contributed by atoms with Gasteiger partial charge in [-0.1, -0.05) is 40.2 Å². The van der Waals surface area contributed by atoms with Gasteiger partial charge in [0.15, 0.2) is 5.13 Å². The molecule has 0 fully saturated rings. The van der Waals surface area contributed by atoms with Crippen molar-refractivity contribution in [3.05, 3.63) is 75.8 Å². The van der Waals surface area contributed by atoms with Crippen LogP contribution in [0.25, 0.3) is 11.3 Å². The molecule has 0 radical (unpaired) electrons. The summed E-state index contributed by atoms with van der Waals surface area (Å²) >= 11 is 4.85. The summed E-state index contributed by atoms with van der Waals surface area (Å²) in [6.45, 7) is 0.553. The molecule has 0 aliphatic carbocycles. The Morgan fingerprint density at radius 3 is 2.78 bits per heavy atom. The minimum absolute atomic E-state index is 0.195. The summed E-state index contributed by atoms with van der Waals surface area (Å²) in [5.74, 6) is -0.195. The molecule has 4 aromatic rings. The van der Waals surface area contributed by atoms with Crippen LogP contribution in [-0.4, -0.2) is 31.1 Å². The molecule has 0 bridgehead atoms. The maximum atomic E-state index is 12.5. The fraction of sp³-hybridized carbons (Fsp3) is 0.0556. The first-order valence-corrected chi connectivity index (χ1v) is 9.67. The third-order valence-electron chi connectivity index (χ3n) is 3.80. The quantitative estimate of drug-likeness (QED) is 0.509. The van der Waals surface area contributed by atoms with E-state index in [0.717, 1.165) is 21.3 Å². The van der Waals surface area contributed by atoms with Gasteiger partial charge in [-0.25, -0.2) is 9.67 Å². The minimum Gasteiger partial charge on any atom is -0.298 e. The maximum Gasteiger partial charge on any atom is 0.257 e. The lowest BCUT2D eigenvalue weighted by Gasteiger charge is -2.04. The lowest BCUT2D eigenvalue weighted by molar-refractivity contribution is 0.102. The number of nitrogens with one attached hydrogen (secondary N) is 1. The number of benzene rings is 2. The Kier molecular flexibility index (Phi) is 5.03. The Labute approximate surface area is 167 Å². The summed E-state index contributed by atoms with van der Waals surface area (Å²) in [6.07, 6.45) is 1.55. The van der Waals surface area contributed by atoms with Gasteiger partial charge in [-0.2, -0.15) is 0 Å². The Hall–Kier alpha value is -2.91. The lowest BCUT2D eigenvalue weighted by Crippen LogP contribution is -2.11. The van der Waals surface area contributed by atoms with Crippen LogP contribution in [0.3, 0.4) is 0 Å². The molecule has 2 aromatic carbocycles. The largest absolute Gasteiger partial charge is 0.298 e. The van der Waals surface area contributed by atoms with Crippen LogP contribution < -0.4 is 5.32 Å². The molecule has 0 spiro atoms. The normalized spacial score (nSPS) is 10.7. The van der Waals surface area contributed by atoms with Gasteiger partial charge >= 0.3 is 0 Å². The summed E-state index contributed by atoms with van der Waals surface area (Å²) in [7, 11) is 0. The average molecular weight is 441 g/mol. The van der Waals surface area contributed by atoms with Crippen molar-refractivity contribution in [2.45, 2.75) is 6.54 Å². The highest BCUT2D eigenvalue weighted by Gasteiger charge is 2.10. The molecule has 1 N–H and O–H groups in total. The molecular weight excluding hydrogens is 428 g/mol. The second-order valence-corrected chi connectivity index (χ2v) is 7.48. The lowest BCUT2D eigenvalue weighted by atomic mass is 10.1. The van der Waals surface area contributed by atoms with Crippen molar-refractivity contribution in [2.75, 3.05) is 5.32 Å². The van der Waals surface area contributed by atoms with E-state index in [1.54, 1.807) is 23.1 Å². The Morgan fingerprint density at radius 2 is 2.04 bits per heavy atom. The molecule has 27 heavy (non-hydrogen) atoms. The number of anilines is 1. The second kappa shape index (κ2) is 7.77. The van der Waals surface area contributed by atoms with Gasteiger partial charge in [0, 0.05) is 21.0 Å². The number of nitrogens with zero attached hydrogens (tertiary/aromatic N) is 5. The minimum atomic E-state index is -0.195. The van der Waals surface area contributed by atoms with Crippen LogP contribution in [-0.2, 0) is 6.54 Å². The third kappa shape index (κ3) is 4.26. The van der Waals surface area contributed by atoms with Gasteiger partial charge in [-0.3, -0.25) is 10.1 Å². The monoisotopic (exact) mass is 440 g/mol. The molecule has 0 aliphatic rings. The fourth-order valence-electron chi connectivity index (χ4n) is 2.48. The van der Waals surface area contributed by atoms with Crippen LogP contribution in [0.5, 0.6) is 0 Å². The number of carbonyl (C=O) groups excluding carboxylic acids is 1. The smallest absolute Gasteiger partial charge is 0.257 e. The van der Waals surface area contributed by atoms with E-state index in [0.29, 0.717) is 17.2 Å². The zero-order valence-electron chi connectivity index (χ0n) is 13.9. The number of thiazole rings is 1. The van der Waals surface area contributed by atoms with Crippen molar-refractivity contribution in [3.63, 3.8) is 0 Å². The van der Waals surface area contributed by atoms with E-state index in [1.165, 1.54) is 11.3 Å². The van der Waals surface area contributed by atoms with Crippen molar-refractivity contribution >= 4 is 38.3 Å². The first kappa shape index (κ1) is 17.5. The Balaban J connectivity index is 1.43. The predicted molar refractivity (Wildman–Crippen MR) is 107 cm³/mol.